The smallest absolute Gasteiger partial charge is 0.342 e. The largest absolute Gasteiger partial charge is 0.507 e. The van der Waals surface area contributed by atoms with Crippen LogP contribution in [0.15, 0.2) is 48.5 Å². The van der Waals surface area contributed by atoms with Crippen LogP contribution >= 0.6 is 0 Å². The minimum absolute atomic E-state index is 0.00269. The molecule has 170 valence electrons. The maximum Gasteiger partial charge on any atom is 0.342 e. The van der Waals surface area contributed by atoms with Crippen molar-refractivity contribution in [2.45, 2.75) is 51.5 Å². The Kier molecular flexibility index (Phi) is 5.62. The number of rotatable bonds is 6. The zero-order chi connectivity index (χ0) is 22.9. The van der Waals surface area contributed by atoms with E-state index in [1.54, 1.807) is 18.2 Å². The molecule has 0 atom stereocenters. The first-order valence-corrected chi connectivity index (χ1v) is 11.6. The Morgan fingerprint density at radius 3 is 2.58 bits per heavy atom. The fourth-order valence-electron chi connectivity index (χ4n) is 4.15. The lowest BCUT2D eigenvalue weighted by atomic mass is 9.82. The van der Waals surface area contributed by atoms with Gasteiger partial charge in [0.1, 0.15) is 5.75 Å². The number of aryl methyl sites for hydroxylation is 1. The Balaban J connectivity index is 1.41. The number of nitrogens with zero attached hydrogens (tertiary/aromatic N) is 2. The zero-order valence-corrected chi connectivity index (χ0v) is 18.7. The van der Waals surface area contributed by atoms with Crippen molar-refractivity contribution < 1.29 is 14.7 Å². The van der Waals surface area contributed by atoms with Crippen LogP contribution < -0.4 is 10.6 Å². The monoisotopic (exact) mass is 444 g/mol. The molecule has 1 aromatic heterocycles. The Morgan fingerprint density at radius 1 is 1.09 bits per heavy atom. The lowest BCUT2D eigenvalue weighted by Crippen LogP contribution is -2.31. The van der Waals surface area contributed by atoms with Gasteiger partial charge in [-0.1, -0.05) is 30.7 Å². The number of carbonyl (C=O) groups is 2. The molecule has 7 heteroatoms. The number of hydrogen-bond donors (Lipinski definition) is 3. The van der Waals surface area contributed by atoms with Gasteiger partial charge in [0.25, 0.3) is 0 Å². The van der Waals surface area contributed by atoms with Gasteiger partial charge >= 0.3 is 6.03 Å². The van der Waals surface area contributed by atoms with Gasteiger partial charge in [0.05, 0.1) is 11.4 Å². The van der Waals surface area contributed by atoms with E-state index in [9.17, 15) is 14.7 Å². The fourth-order valence-corrected chi connectivity index (χ4v) is 4.15. The van der Waals surface area contributed by atoms with Crippen molar-refractivity contribution in [1.82, 2.24) is 15.1 Å². The average Bonchev–Trinajstić information content (AvgIpc) is 3.54. The number of benzene rings is 2. The lowest BCUT2D eigenvalue weighted by Gasteiger charge is -2.25. The number of amides is 2. The molecule has 0 spiro atoms. The standard InChI is InChI=1S/C26H28N4O3/c1-16-5-2-3-6-19(16)15-27-26(33)30-23(17-7-4-8-17)14-22(29-30)21-13-20(11-12-24(21)31)28-25(32)18-9-10-18/h2-3,5-6,11-14,17-18,31H,4,7-10,15H2,1H3,(H,27,33)(H,28,32). The number of phenols is 1. The number of nitrogens with one attached hydrogen (secondary N) is 2. The van der Waals surface area contributed by atoms with Crippen molar-refractivity contribution in [3.05, 3.63) is 65.4 Å². The van der Waals surface area contributed by atoms with Crippen LogP contribution in [0.4, 0.5) is 10.5 Å². The first kappa shape index (κ1) is 21.2. The highest BCUT2D eigenvalue weighted by Crippen LogP contribution is 2.39. The van der Waals surface area contributed by atoms with Gasteiger partial charge in [-0.2, -0.15) is 9.78 Å². The van der Waals surface area contributed by atoms with E-state index in [1.807, 2.05) is 37.3 Å². The molecular weight excluding hydrogens is 416 g/mol. The van der Waals surface area contributed by atoms with Crippen LogP contribution in [0.25, 0.3) is 11.3 Å². The van der Waals surface area contributed by atoms with Gasteiger partial charge in [0, 0.05) is 29.6 Å². The van der Waals surface area contributed by atoms with E-state index in [-0.39, 0.29) is 29.5 Å². The molecule has 2 fully saturated rings. The predicted molar refractivity (Wildman–Crippen MR) is 126 cm³/mol. The van der Waals surface area contributed by atoms with Crippen LogP contribution in [0.2, 0.25) is 0 Å². The summed E-state index contributed by atoms with van der Waals surface area (Å²) in [6.45, 7) is 2.43. The summed E-state index contributed by atoms with van der Waals surface area (Å²) in [5.41, 5.74) is 4.65. The van der Waals surface area contributed by atoms with Crippen LogP contribution in [0.3, 0.4) is 0 Å². The van der Waals surface area contributed by atoms with Crippen molar-refractivity contribution in [1.29, 1.82) is 0 Å². The maximum atomic E-state index is 13.1. The minimum Gasteiger partial charge on any atom is -0.507 e. The molecule has 2 aromatic carbocycles. The molecule has 2 amide bonds. The van der Waals surface area contributed by atoms with Crippen LogP contribution in [0.1, 0.15) is 54.8 Å². The van der Waals surface area contributed by atoms with Crippen molar-refractivity contribution >= 4 is 17.6 Å². The normalized spacial score (nSPS) is 15.7. The van der Waals surface area contributed by atoms with E-state index >= 15 is 0 Å². The van der Waals surface area contributed by atoms with Crippen LogP contribution in [-0.4, -0.2) is 26.8 Å². The molecule has 0 saturated heterocycles. The highest BCUT2D eigenvalue weighted by Gasteiger charge is 2.30. The minimum atomic E-state index is -0.288. The SMILES string of the molecule is Cc1ccccc1CNC(=O)n1nc(-c2cc(NC(=O)C3CC3)ccc2O)cc1C1CCC1. The summed E-state index contributed by atoms with van der Waals surface area (Å²) in [4.78, 5) is 25.2. The quantitative estimate of drug-likeness (QED) is 0.469. The van der Waals surface area contributed by atoms with Crippen molar-refractivity contribution in [3.8, 4) is 17.0 Å². The Bertz CT molecular complexity index is 1210. The number of aromatic nitrogens is 2. The Labute approximate surface area is 192 Å². The van der Waals surface area contributed by atoms with Crippen LogP contribution in [-0.2, 0) is 11.3 Å². The molecule has 0 unspecified atom stereocenters. The molecule has 0 radical (unpaired) electrons. The number of carbonyl (C=O) groups excluding carboxylic acids is 2. The van der Waals surface area contributed by atoms with E-state index < -0.39 is 0 Å². The number of anilines is 1. The third kappa shape index (κ3) is 4.49. The number of hydrogen-bond acceptors (Lipinski definition) is 4. The number of phenolic OH excluding ortho intramolecular Hbond substituents is 1. The van der Waals surface area contributed by atoms with Crippen molar-refractivity contribution in [3.63, 3.8) is 0 Å². The third-order valence-electron chi connectivity index (χ3n) is 6.63. The summed E-state index contributed by atoms with van der Waals surface area (Å²) in [5.74, 6) is 0.423. The summed E-state index contributed by atoms with van der Waals surface area (Å²) in [5, 5.41) is 21.0. The first-order valence-electron chi connectivity index (χ1n) is 11.6. The van der Waals surface area contributed by atoms with E-state index in [0.717, 1.165) is 48.9 Å². The van der Waals surface area contributed by atoms with Crippen molar-refractivity contribution in [2.24, 2.45) is 5.92 Å². The third-order valence-corrected chi connectivity index (χ3v) is 6.63. The van der Waals surface area contributed by atoms with Gasteiger partial charge in [0.2, 0.25) is 5.91 Å². The maximum absolute atomic E-state index is 13.1. The average molecular weight is 445 g/mol. The lowest BCUT2D eigenvalue weighted by molar-refractivity contribution is -0.117. The fraction of sp³-hybridized carbons (Fsp3) is 0.346. The second kappa shape index (κ2) is 8.73. The van der Waals surface area contributed by atoms with Crippen LogP contribution in [0.5, 0.6) is 5.75 Å². The molecule has 3 aromatic rings. The summed E-state index contributed by atoms with van der Waals surface area (Å²) >= 11 is 0. The van der Waals surface area contributed by atoms with Crippen LogP contribution in [0, 0.1) is 12.8 Å². The Morgan fingerprint density at radius 2 is 1.88 bits per heavy atom. The van der Waals surface area contributed by atoms with Gasteiger partial charge < -0.3 is 15.7 Å². The summed E-state index contributed by atoms with van der Waals surface area (Å²) in [6, 6.07) is 14.5. The molecule has 2 saturated carbocycles. The second-order valence-electron chi connectivity index (χ2n) is 9.07. The molecule has 2 aliphatic rings. The van der Waals surface area contributed by atoms with E-state index in [2.05, 4.69) is 15.7 Å². The highest BCUT2D eigenvalue weighted by molar-refractivity contribution is 5.95. The summed E-state index contributed by atoms with van der Waals surface area (Å²) in [6.07, 6.45) is 5.00. The summed E-state index contributed by atoms with van der Waals surface area (Å²) in [7, 11) is 0. The molecule has 3 N–H and O–H groups in total. The molecule has 2 aliphatic carbocycles. The van der Waals surface area contributed by atoms with E-state index in [1.165, 1.54) is 4.68 Å². The second-order valence-corrected chi connectivity index (χ2v) is 9.07. The predicted octanol–water partition coefficient (Wildman–Crippen LogP) is 4.94. The molecule has 7 nitrogen and oxygen atoms in total. The van der Waals surface area contributed by atoms with E-state index in [4.69, 9.17) is 0 Å². The molecule has 1 heterocycles. The highest BCUT2D eigenvalue weighted by atomic mass is 16.3. The molecular formula is C26H28N4O3. The van der Waals surface area contributed by atoms with Gasteiger partial charge in [0.15, 0.2) is 0 Å². The number of aromatic hydroxyl groups is 1. The van der Waals surface area contributed by atoms with Gasteiger partial charge in [-0.25, -0.2) is 4.79 Å². The van der Waals surface area contributed by atoms with Gasteiger partial charge in [-0.15, -0.1) is 0 Å². The topological polar surface area (TPSA) is 96.3 Å². The molecule has 0 aliphatic heterocycles. The first-order chi connectivity index (χ1) is 16.0. The Hall–Kier alpha value is -3.61. The molecule has 33 heavy (non-hydrogen) atoms. The van der Waals surface area contributed by atoms with Crippen molar-refractivity contribution in [2.75, 3.05) is 5.32 Å². The van der Waals surface area contributed by atoms with Gasteiger partial charge in [-0.05, 0) is 68.0 Å². The van der Waals surface area contributed by atoms with E-state index in [0.29, 0.717) is 23.5 Å². The van der Waals surface area contributed by atoms with Gasteiger partial charge in [-0.3, -0.25) is 4.79 Å². The zero-order valence-electron chi connectivity index (χ0n) is 18.7. The summed E-state index contributed by atoms with van der Waals surface area (Å²) < 4.78 is 1.44. The molecule has 5 rings (SSSR count). The molecule has 0 bridgehead atoms.